The molecule has 5 heteroatoms. The highest BCUT2D eigenvalue weighted by Crippen LogP contribution is 2.25. The number of rotatable bonds is 4. The molecule has 0 aliphatic heterocycles. The summed E-state index contributed by atoms with van der Waals surface area (Å²) in [7, 11) is 0. The summed E-state index contributed by atoms with van der Waals surface area (Å²) in [5, 5.41) is 13.6. The van der Waals surface area contributed by atoms with E-state index >= 15 is 0 Å². The number of nitrogens with zero attached hydrogens (tertiary/aromatic N) is 3. The van der Waals surface area contributed by atoms with Gasteiger partial charge in [-0.05, 0) is 32.5 Å². The van der Waals surface area contributed by atoms with Crippen LogP contribution in [0.25, 0.3) is 10.7 Å². The molecule has 2 rings (SSSR count). The molecule has 0 saturated heterocycles. The highest BCUT2D eigenvalue weighted by Gasteiger charge is 2.12. The maximum Gasteiger partial charge on any atom is 0.166 e. The minimum atomic E-state index is 0.246. The van der Waals surface area contributed by atoms with E-state index in [2.05, 4.69) is 34.3 Å². The average Bonchev–Trinajstić information content (AvgIpc) is 2.78. The minimum absolute atomic E-state index is 0.246. The van der Waals surface area contributed by atoms with Crippen molar-refractivity contribution in [3.05, 3.63) is 28.9 Å². The summed E-state index contributed by atoms with van der Waals surface area (Å²) in [6, 6.07) is 6.19. The number of aromatic nitrogens is 3. The lowest BCUT2D eigenvalue weighted by Gasteiger charge is -2.06. The van der Waals surface area contributed by atoms with Crippen LogP contribution in [0, 0.1) is 6.92 Å². The number of aryl methyl sites for hydroxylation is 1. The van der Waals surface area contributed by atoms with Crippen LogP contribution in [-0.2, 0) is 0 Å². The van der Waals surface area contributed by atoms with E-state index in [4.69, 9.17) is 0 Å². The second-order valence-corrected chi connectivity index (χ2v) is 4.90. The standard InChI is InChI=1S/C12H16N4S/c1-4-13-9(3)11-15-16-12(17-11)10-7-5-6-8(2)14-10/h5-7,9,13H,4H2,1-3H3. The molecule has 0 aromatic carbocycles. The summed E-state index contributed by atoms with van der Waals surface area (Å²) in [5.41, 5.74) is 1.90. The van der Waals surface area contributed by atoms with Gasteiger partial charge in [0, 0.05) is 5.69 Å². The molecule has 0 radical (unpaired) electrons. The highest BCUT2D eigenvalue weighted by atomic mass is 32.1. The second-order valence-electron chi connectivity index (χ2n) is 3.89. The van der Waals surface area contributed by atoms with Crippen molar-refractivity contribution in [1.29, 1.82) is 0 Å². The monoisotopic (exact) mass is 248 g/mol. The summed E-state index contributed by atoms with van der Waals surface area (Å²) in [5.74, 6) is 0. The SMILES string of the molecule is CCNC(C)c1nnc(-c2cccc(C)n2)s1. The van der Waals surface area contributed by atoms with Crippen LogP contribution in [0.15, 0.2) is 18.2 Å². The van der Waals surface area contributed by atoms with Crippen LogP contribution in [0.5, 0.6) is 0 Å². The van der Waals surface area contributed by atoms with Crippen LogP contribution >= 0.6 is 11.3 Å². The minimum Gasteiger partial charge on any atom is -0.308 e. The molecule has 0 aliphatic rings. The Kier molecular flexibility index (Phi) is 3.81. The van der Waals surface area contributed by atoms with E-state index in [0.717, 1.165) is 27.9 Å². The Hall–Kier alpha value is -1.33. The number of hydrogen-bond donors (Lipinski definition) is 1. The normalized spacial score (nSPS) is 12.6. The van der Waals surface area contributed by atoms with Crippen molar-refractivity contribution in [1.82, 2.24) is 20.5 Å². The van der Waals surface area contributed by atoms with E-state index in [9.17, 15) is 0 Å². The molecule has 0 amide bonds. The average molecular weight is 248 g/mol. The zero-order chi connectivity index (χ0) is 12.3. The molecule has 2 aromatic heterocycles. The van der Waals surface area contributed by atoms with Crippen molar-refractivity contribution in [2.24, 2.45) is 0 Å². The lowest BCUT2D eigenvalue weighted by Crippen LogP contribution is -2.17. The predicted octanol–water partition coefficient (Wildman–Crippen LogP) is 2.58. The lowest BCUT2D eigenvalue weighted by atomic mass is 10.3. The lowest BCUT2D eigenvalue weighted by molar-refractivity contribution is 0.590. The maximum atomic E-state index is 4.45. The molecule has 1 unspecified atom stereocenters. The first-order valence-corrected chi connectivity index (χ1v) is 6.53. The van der Waals surface area contributed by atoms with Crippen LogP contribution < -0.4 is 5.32 Å². The van der Waals surface area contributed by atoms with Crippen molar-refractivity contribution in [2.75, 3.05) is 6.54 Å². The van der Waals surface area contributed by atoms with Crippen molar-refractivity contribution in [3.63, 3.8) is 0 Å². The van der Waals surface area contributed by atoms with E-state index in [1.165, 1.54) is 0 Å². The maximum absolute atomic E-state index is 4.45. The molecule has 0 fully saturated rings. The Morgan fingerprint density at radius 3 is 2.88 bits per heavy atom. The summed E-state index contributed by atoms with van der Waals surface area (Å²) in [4.78, 5) is 4.45. The Morgan fingerprint density at radius 2 is 2.18 bits per heavy atom. The van der Waals surface area contributed by atoms with Crippen molar-refractivity contribution < 1.29 is 0 Å². The van der Waals surface area contributed by atoms with Gasteiger partial charge in [-0.25, -0.2) is 0 Å². The van der Waals surface area contributed by atoms with Gasteiger partial charge in [-0.1, -0.05) is 24.3 Å². The largest absolute Gasteiger partial charge is 0.308 e. The molecule has 0 spiro atoms. The Labute approximate surface area is 105 Å². The fourth-order valence-corrected chi connectivity index (χ4v) is 2.41. The molecule has 0 saturated carbocycles. The van der Waals surface area contributed by atoms with Gasteiger partial charge in [0.2, 0.25) is 0 Å². The van der Waals surface area contributed by atoms with Gasteiger partial charge in [-0.3, -0.25) is 4.98 Å². The van der Waals surface area contributed by atoms with Gasteiger partial charge in [-0.15, -0.1) is 10.2 Å². The summed E-state index contributed by atoms with van der Waals surface area (Å²) in [6.07, 6.45) is 0. The molecule has 17 heavy (non-hydrogen) atoms. The molecule has 0 aliphatic carbocycles. The zero-order valence-corrected chi connectivity index (χ0v) is 11.1. The Morgan fingerprint density at radius 1 is 1.35 bits per heavy atom. The van der Waals surface area contributed by atoms with Gasteiger partial charge in [0.15, 0.2) is 5.01 Å². The van der Waals surface area contributed by atoms with Gasteiger partial charge in [0.25, 0.3) is 0 Å². The molecule has 0 bridgehead atoms. The van der Waals surface area contributed by atoms with Crippen LogP contribution in [-0.4, -0.2) is 21.7 Å². The van der Waals surface area contributed by atoms with Crippen LogP contribution in [0.3, 0.4) is 0 Å². The second kappa shape index (κ2) is 5.33. The van der Waals surface area contributed by atoms with Crippen LogP contribution in [0.4, 0.5) is 0 Å². The summed E-state index contributed by atoms with van der Waals surface area (Å²) < 4.78 is 0. The molecule has 1 atom stereocenters. The molecular weight excluding hydrogens is 232 g/mol. The van der Waals surface area contributed by atoms with E-state index in [1.54, 1.807) is 11.3 Å². The predicted molar refractivity (Wildman–Crippen MR) is 70.0 cm³/mol. The van der Waals surface area contributed by atoms with Gasteiger partial charge in [0.05, 0.1) is 6.04 Å². The molecule has 90 valence electrons. The summed E-state index contributed by atoms with van der Waals surface area (Å²) >= 11 is 1.60. The van der Waals surface area contributed by atoms with E-state index in [1.807, 2.05) is 25.1 Å². The Balaban J connectivity index is 2.23. The topological polar surface area (TPSA) is 50.7 Å². The van der Waals surface area contributed by atoms with Gasteiger partial charge >= 0.3 is 0 Å². The van der Waals surface area contributed by atoms with Gasteiger partial charge in [0.1, 0.15) is 10.7 Å². The van der Waals surface area contributed by atoms with Crippen molar-refractivity contribution in [2.45, 2.75) is 26.8 Å². The molecule has 4 nitrogen and oxygen atoms in total. The van der Waals surface area contributed by atoms with Gasteiger partial charge < -0.3 is 5.32 Å². The smallest absolute Gasteiger partial charge is 0.166 e. The molecule has 2 heterocycles. The van der Waals surface area contributed by atoms with Crippen LogP contribution in [0.1, 0.15) is 30.6 Å². The summed E-state index contributed by atoms with van der Waals surface area (Å²) in [6.45, 7) is 7.09. The number of hydrogen-bond acceptors (Lipinski definition) is 5. The first-order valence-electron chi connectivity index (χ1n) is 5.71. The first kappa shape index (κ1) is 12.1. The first-order chi connectivity index (χ1) is 8.20. The fraction of sp³-hybridized carbons (Fsp3) is 0.417. The fourth-order valence-electron chi connectivity index (χ4n) is 1.57. The van der Waals surface area contributed by atoms with E-state index in [0.29, 0.717) is 0 Å². The molecule has 2 aromatic rings. The van der Waals surface area contributed by atoms with Gasteiger partial charge in [-0.2, -0.15) is 0 Å². The third-order valence-corrected chi connectivity index (χ3v) is 3.56. The third kappa shape index (κ3) is 2.87. The number of pyridine rings is 1. The third-order valence-electron chi connectivity index (χ3n) is 2.43. The van der Waals surface area contributed by atoms with Crippen molar-refractivity contribution in [3.8, 4) is 10.7 Å². The molecular formula is C12H16N4S. The van der Waals surface area contributed by atoms with Crippen molar-refractivity contribution >= 4 is 11.3 Å². The zero-order valence-electron chi connectivity index (χ0n) is 10.3. The highest BCUT2D eigenvalue weighted by molar-refractivity contribution is 7.14. The van der Waals surface area contributed by atoms with Crippen LogP contribution in [0.2, 0.25) is 0 Å². The number of nitrogens with one attached hydrogen (secondary N) is 1. The van der Waals surface area contributed by atoms with E-state index in [-0.39, 0.29) is 6.04 Å². The van der Waals surface area contributed by atoms with E-state index < -0.39 is 0 Å². The molecule has 1 N–H and O–H groups in total. The Bertz CT molecular complexity index is 495. The quantitative estimate of drug-likeness (QED) is 0.903.